The molecular formula is C25H27ClN2O2. The number of carbonyl (C=O) groups is 2. The second-order valence-electron chi connectivity index (χ2n) is 7.29. The molecule has 0 heterocycles. The molecule has 3 rings (SSSR count). The topological polar surface area (TPSA) is 49.4 Å². The predicted octanol–water partition coefficient (Wildman–Crippen LogP) is 4.98. The summed E-state index contributed by atoms with van der Waals surface area (Å²) in [5, 5.41) is 5.59. The number of fused-ring (bicyclic) bond motifs is 1. The molecule has 3 aromatic rings. The number of nitrogens with one attached hydrogen (secondary N) is 1. The minimum atomic E-state index is -0.536. The summed E-state index contributed by atoms with van der Waals surface area (Å²) in [5.41, 5.74) is 1.96. The minimum Gasteiger partial charge on any atom is -0.357 e. The number of carbonyl (C=O) groups excluding carboxylic acids is 2. The van der Waals surface area contributed by atoms with Crippen LogP contribution in [0.2, 0.25) is 5.02 Å². The zero-order valence-corrected chi connectivity index (χ0v) is 18.2. The lowest BCUT2D eigenvalue weighted by Crippen LogP contribution is -2.48. The van der Waals surface area contributed by atoms with Crippen molar-refractivity contribution >= 4 is 34.2 Å². The van der Waals surface area contributed by atoms with Crippen molar-refractivity contribution in [2.75, 3.05) is 7.05 Å². The molecule has 156 valence electrons. The van der Waals surface area contributed by atoms with E-state index in [1.54, 1.807) is 18.0 Å². The Labute approximate surface area is 182 Å². The molecule has 2 amide bonds. The Morgan fingerprint density at radius 1 is 0.967 bits per heavy atom. The number of aryl methyl sites for hydroxylation is 1. The molecule has 30 heavy (non-hydrogen) atoms. The molecule has 0 bridgehead atoms. The van der Waals surface area contributed by atoms with Crippen LogP contribution in [-0.2, 0) is 22.6 Å². The quantitative estimate of drug-likeness (QED) is 0.556. The fourth-order valence-electron chi connectivity index (χ4n) is 3.79. The number of benzene rings is 3. The van der Waals surface area contributed by atoms with E-state index in [-0.39, 0.29) is 11.8 Å². The summed E-state index contributed by atoms with van der Waals surface area (Å²) in [7, 11) is 1.60. The van der Waals surface area contributed by atoms with Gasteiger partial charge in [0.05, 0.1) is 0 Å². The van der Waals surface area contributed by atoms with Crippen molar-refractivity contribution < 1.29 is 9.59 Å². The maximum Gasteiger partial charge on any atom is 0.242 e. The molecule has 4 nitrogen and oxygen atoms in total. The highest BCUT2D eigenvalue weighted by molar-refractivity contribution is 6.31. The van der Waals surface area contributed by atoms with Crippen molar-refractivity contribution in [3.05, 3.63) is 82.9 Å². The molecule has 0 radical (unpaired) electrons. The van der Waals surface area contributed by atoms with E-state index in [2.05, 4.69) is 29.6 Å². The van der Waals surface area contributed by atoms with E-state index >= 15 is 0 Å². The molecule has 0 spiro atoms. The highest BCUT2D eigenvalue weighted by atomic mass is 35.5. The zero-order valence-electron chi connectivity index (χ0n) is 17.4. The first kappa shape index (κ1) is 21.8. The summed E-state index contributed by atoms with van der Waals surface area (Å²) < 4.78 is 0. The summed E-state index contributed by atoms with van der Waals surface area (Å²) in [5.74, 6) is -0.221. The van der Waals surface area contributed by atoms with E-state index in [1.165, 1.54) is 0 Å². The van der Waals surface area contributed by atoms with Crippen LogP contribution in [-0.4, -0.2) is 29.8 Å². The molecule has 0 aliphatic carbocycles. The second kappa shape index (κ2) is 10.3. The van der Waals surface area contributed by atoms with E-state index in [0.717, 1.165) is 21.9 Å². The molecule has 0 fully saturated rings. The van der Waals surface area contributed by atoms with Crippen molar-refractivity contribution in [2.45, 2.75) is 38.8 Å². The molecule has 1 N–H and O–H groups in total. The largest absolute Gasteiger partial charge is 0.357 e. The average molecular weight is 423 g/mol. The summed E-state index contributed by atoms with van der Waals surface area (Å²) in [6.07, 6.45) is 1.47. The van der Waals surface area contributed by atoms with Gasteiger partial charge in [-0.2, -0.15) is 0 Å². The van der Waals surface area contributed by atoms with E-state index in [4.69, 9.17) is 11.6 Å². The predicted molar refractivity (Wildman–Crippen MR) is 122 cm³/mol. The number of amides is 2. The first-order chi connectivity index (χ1) is 14.5. The fourth-order valence-corrected chi connectivity index (χ4v) is 3.99. The van der Waals surface area contributed by atoms with Crippen molar-refractivity contribution in [3.63, 3.8) is 0 Å². The third kappa shape index (κ3) is 5.00. The number of likely N-dealkylation sites (N-methyl/N-ethyl adjacent to an activating group) is 1. The van der Waals surface area contributed by atoms with Gasteiger partial charge in [0.25, 0.3) is 0 Å². The van der Waals surface area contributed by atoms with Crippen molar-refractivity contribution in [3.8, 4) is 0 Å². The van der Waals surface area contributed by atoms with Gasteiger partial charge in [-0.05, 0) is 40.8 Å². The zero-order chi connectivity index (χ0) is 21.5. The summed E-state index contributed by atoms with van der Waals surface area (Å²) >= 11 is 6.33. The van der Waals surface area contributed by atoms with Gasteiger partial charge in [0.15, 0.2) is 0 Å². The van der Waals surface area contributed by atoms with Gasteiger partial charge in [-0.25, -0.2) is 0 Å². The highest BCUT2D eigenvalue weighted by Crippen LogP contribution is 2.23. The van der Waals surface area contributed by atoms with Crippen LogP contribution in [0.3, 0.4) is 0 Å². The maximum atomic E-state index is 13.3. The number of hydrogen-bond donors (Lipinski definition) is 1. The number of halogens is 1. The van der Waals surface area contributed by atoms with Crippen LogP contribution in [0.4, 0.5) is 0 Å². The summed E-state index contributed by atoms with van der Waals surface area (Å²) in [4.78, 5) is 27.4. The molecule has 0 aromatic heterocycles. The van der Waals surface area contributed by atoms with Crippen LogP contribution in [0.1, 0.15) is 30.9 Å². The Hall–Kier alpha value is -2.85. The lowest BCUT2D eigenvalue weighted by molar-refractivity contribution is -0.141. The van der Waals surface area contributed by atoms with Crippen molar-refractivity contribution in [1.82, 2.24) is 10.2 Å². The van der Waals surface area contributed by atoms with Gasteiger partial charge in [-0.1, -0.05) is 79.2 Å². The molecule has 1 atom stereocenters. The van der Waals surface area contributed by atoms with Crippen LogP contribution in [0.15, 0.2) is 66.7 Å². The molecule has 5 heteroatoms. The van der Waals surface area contributed by atoms with E-state index in [0.29, 0.717) is 30.8 Å². The third-order valence-corrected chi connectivity index (χ3v) is 5.79. The Bertz CT molecular complexity index is 1030. The van der Waals surface area contributed by atoms with Gasteiger partial charge < -0.3 is 10.2 Å². The molecule has 0 saturated carbocycles. The van der Waals surface area contributed by atoms with Crippen LogP contribution in [0.25, 0.3) is 10.8 Å². The van der Waals surface area contributed by atoms with Gasteiger partial charge in [0.1, 0.15) is 6.04 Å². The lowest BCUT2D eigenvalue weighted by atomic mass is 10.00. The second-order valence-corrected chi connectivity index (χ2v) is 7.70. The van der Waals surface area contributed by atoms with E-state index in [1.807, 2.05) is 43.3 Å². The Kier molecular flexibility index (Phi) is 7.47. The maximum absolute atomic E-state index is 13.3. The molecule has 0 aliphatic heterocycles. The van der Waals surface area contributed by atoms with Gasteiger partial charge in [0.2, 0.25) is 11.8 Å². The Balaban J connectivity index is 1.83. The molecule has 0 unspecified atom stereocenters. The lowest BCUT2D eigenvalue weighted by Gasteiger charge is -2.30. The van der Waals surface area contributed by atoms with E-state index < -0.39 is 6.04 Å². The smallest absolute Gasteiger partial charge is 0.242 e. The molecule has 0 saturated heterocycles. The molecule has 3 aromatic carbocycles. The van der Waals surface area contributed by atoms with Gasteiger partial charge in [-0.15, -0.1) is 0 Å². The van der Waals surface area contributed by atoms with Gasteiger partial charge >= 0.3 is 0 Å². The average Bonchev–Trinajstić information content (AvgIpc) is 2.78. The van der Waals surface area contributed by atoms with Crippen molar-refractivity contribution in [2.24, 2.45) is 0 Å². The number of nitrogens with zero attached hydrogens (tertiary/aromatic N) is 1. The summed E-state index contributed by atoms with van der Waals surface area (Å²) in [6.45, 7) is 2.22. The first-order valence-electron chi connectivity index (χ1n) is 10.3. The number of rotatable bonds is 8. The van der Waals surface area contributed by atoms with Crippen LogP contribution in [0, 0.1) is 0 Å². The monoisotopic (exact) mass is 422 g/mol. The SMILES string of the molecule is CC[C@H](C(=O)NC)N(Cc1ccccc1Cl)C(=O)CCc1cccc2ccccc12. The summed E-state index contributed by atoms with van der Waals surface area (Å²) in [6, 6.07) is 21.2. The Morgan fingerprint density at radius 3 is 2.37 bits per heavy atom. The van der Waals surface area contributed by atoms with E-state index in [9.17, 15) is 9.59 Å². The molecule has 0 aliphatic rings. The van der Waals surface area contributed by atoms with Gasteiger partial charge in [-0.3, -0.25) is 9.59 Å². The van der Waals surface area contributed by atoms with Gasteiger partial charge in [0, 0.05) is 25.0 Å². The fraction of sp³-hybridized carbons (Fsp3) is 0.280. The van der Waals surface area contributed by atoms with Crippen LogP contribution < -0.4 is 5.32 Å². The number of hydrogen-bond acceptors (Lipinski definition) is 2. The first-order valence-corrected chi connectivity index (χ1v) is 10.6. The van der Waals surface area contributed by atoms with Crippen LogP contribution >= 0.6 is 11.6 Å². The normalized spacial score (nSPS) is 11.8. The Morgan fingerprint density at radius 2 is 1.63 bits per heavy atom. The third-order valence-electron chi connectivity index (χ3n) is 5.42. The van der Waals surface area contributed by atoms with Crippen LogP contribution in [0.5, 0.6) is 0 Å². The van der Waals surface area contributed by atoms with Crippen molar-refractivity contribution in [1.29, 1.82) is 0 Å². The standard InChI is InChI=1S/C25H27ClN2O2/c1-3-23(25(30)27-2)28(17-20-10-5-7-14-22(20)26)24(29)16-15-19-12-8-11-18-9-4-6-13-21(18)19/h4-14,23H,3,15-17H2,1-2H3,(H,27,30)/t23-/m1/s1. The minimum absolute atomic E-state index is 0.0571. The molecular weight excluding hydrogens is 396 g/mol. The highest BCUT2D eigenvalue weighted by Gasteiger charge is 2.28.